The molecular formula is C20H19N2O5P. The average Bonchev–Trinajstić information content (AvgIpc) is 2.68. The summed E-state index contributed by atoms with van der Waals surface area (Å²) in [4.78, 5) is 11.4. The maximum atomic E-state index is 13.9. The van der Waals surface area contributed by atoms with E-state index in [4.69, 9.17) is 14.8 Å². The Morgan fingerprint density at radius 2 is 1.32 bits per heavy atom. The third kappa shape index (κ3) is 4.84. The van der Waals surface area contributed by atoms with Crippen molar-refractivity contribution in [2.45, 2.75) is 5.78 Å². The van der Waals surface area contributed by atoms with Gasteiger partial charge in [0.2, 0.25) is 0 Å². The van der Waals surface area contributed by atoms with Crippen LogP contribution in [0.25, 0.3) is 0 Å². The molecule has 1 atom stereocenters. The van der Waals surface area contributed by atoms with Crippen LogP contribution in [0.5, 0.6) is 11.5 Å². The standard InChI is InChI=1S/C20H19N2O5P/c21-16-13-11-15(12-14-16)19(22-20(23)24)28(25,26-17-7-3-1-4-8-17)27-18-9-5-2-6-10-18/h1-14,19,22H,21H2,(H,23,24). The second-order valence-electron chi connectivity index (χ2n) is 5.87. The van der Waals surface area contributed by atoms with Crippen LogP contribution in [0.4, 0.5) is 10.5 Å². The van der Waals surface area contributed by atoms with Crippen molar-refractivity contribution in [2.24, 2.45) is 0 Å². The fraction of sp³-hybridized carbons (Fsp3) is 0.0500. The monoisotopic (exact) mass is 398 g/mol. The third-order valence-corrected chi connectivity index (χ3v) is 5.77. The van der Waals surface area contributed by atoms with Gasteiger partial charge in [0.05, 0.1) is 0 Å². The predicted octanol–water partition coefficient (Wildman–Crippen LogP) is 4.89. The minimum atomic E-state index is -4.10. The molecule has 0 saturated carbocycles. The van der Waals surface area contributed by atoms with Crippen molar-refractivity contribution in [3.05, 3.63) is 90.5 Å². The van der Waals surface area contributed by atoms with Gasteiger partial charge in [-0.15, -0.1) is 0 Å². The maximum Gasteiger partial charge on any atom is 0.457 e. The Morgan fingerprint density at radius 3 is 1.75 bits per heavy atom. The Morgan fingerprint density at radius 1 is 0.857 bits per heavy atom. The van der Waals surface area contributed by atoms with E-state index < -0.39 is 19.5 Å². The number of rotatable bonds is 7. The zero-order valence-corrected chi connectivity index (χ0v) is 15.7. The smallest absolute Gasteiger partial charge is 0.457 e. The molecular weight excluding hydrogens is 379 g/mol. The molecule has 0 saturated heterocycles. The molecule has 144 valence electrons. The molecule has 4 N–H and O–H groups in total. The molecule has 3 rings (SSSR count). The lowest BCUT2D eigenvalue weighted by Crippen LogP contribution is -2.29. The molecule has 0 aliphatic heterocycles. The molecule has 1 unspecified atom stereocenters. The van der Waals surface area contributed by atoms with Crippen LogP contribution in [-0.2, 0) is 4.57 Å². The molecule has 0 bridgehead atoms. The number of hydrogen-bond donors (Lipinski definition) is 3. The SMILES string of the molecule is Nc1ccc(C(NC(=O)O)P(=O)(Oc2ccccc2)Oc2ccccc2)cc1. The lowest BCUT2D eigenvalue weighted by molar-refractivity contribution is 0.191. The van der Waals surface area contributed by atoms with Crippen molar-refractivity contribution < 1.29 is 23.5 Å². The van der Waals surface area contributed by atoms with Gasteiger partial charge in [0.25, 0.3) is 0 Å². The molecule has 28 heavy (non-hydrogen) atoms. The summed E-state index contributed by atoms with van der Waals surface area (Å²) in [6.07, 6.45) is -1.37. The summed E-state index contributed by atoms with van der Waals surface area (Å²) in [7, 11) is -4.10. The molecule has 8 heteroatoms. The van der Waals surface area contributed by atoms with Gasteiger partial charge in [-0.05, 0) is 42.0 Å². The zero-order chi connectivity index (χ0) is 20.0. The highest BCUT2D eigenvalue weighted by Crippen LogP contribution is 2.58. The Kier molecular flexibility index (Phi) is 5.87. The van der Waals surface area contributed by atoms with Crippen LogP contribution in [0.3, 0.4) is 0 Å². The van der Waals surface area contributed by atoms with Gasteiger partial charge < -0.3 is 25.2 Å². The van der Waals surface area contributed by atoms with Gasteiger partial charge in [-0.2, -0.15) is 0 Å². The van der Waals surface area contributed by atoms with Crippen LogP contribution >= 0.6 is 7.60 Å². The van der Waals surface area contributed by atoms with Crippen molar-refractivity contribution in [2.75, 3.05) is 5.73 Å². The first-order valence-corrected chi connectivity index (χ1v) is 10.0. The summed E-state index contributed by atoms with van der Waals surface area (Å²) >= 11 is 0. The van der Waals surface area contributed by atoms with E-state index in [-0.39, 0.29) is 11.5 Å². The van der Waals surface area contributed by atoms with Gasteiger partial charge >= 0.3 is 13.7 Å². The molecule has 0 radical (unpaired) electrons. The number of amides is 1. The number of para-hydroxylation sites is 2. The summed E-state index contributed by atoms with van der Waals surface area (Å²) in [6.45, 7) is 0. The van der Waals surface area contributed by atoms with Crippen molar-refractivity contribution in [3.8, 4) is 11.5 Å². The van der Waals surface area contributed by atoms with E-state index >= 15 is 0 Å². The molecule has 0 aromatic heterocycles. The molecule has 0 aliphatic carbocycles. The zero-order valence-electron chi connectivity index (χ0n) is 14.8. The largest absolute Gasteiger partial charge is 0.465 e. The summed E-state index contributed by atoms with van der Waals surface area (Å²) < 4.78 is 25.3. The fourth-order valence-corrected chi connectivity index (χ4v) is 4.41. The highest BCUT2D eigenvalue weighted by molar-refractivity contribution is 7.55. The number of nitrogen functional groups attached to an aromatic ring is 1. The first-order chi connectivity index (χ1) is 13.5. The topological polar surface area (TPSA) is 111 Å². The van der Waals surface area contributed by atoms with Gasteiger partial charge in [-0.1, -0.05) is 48.5 Å². The van der Waals surface area contributed by atoms with Gasteiger partial charge in [-0.25, -0.2) is 9.36 Å². The van der Waals surface area contributed by atoms with Gasteiger partial charge in [0.15, 0.2) is 5.78 Å². The Balaban J connectivity index is 2.06. The molecule has 0 heterocycles. The number of carbonyl (C=O) groups is 1. The van der Waals surface area contributed by atoms with Crippen LogP contribution in [0.2, 0.25) is 0 Å². The summed E-state index contributed by atoms with van der Waals surface area (Å²) in [6, 6.07) is 23.2. The summed E-state index contributed by atoms with van der Waals surface area (Å²) in [5.41, 5.74) is 6.60. The van der Waals surface area contributed by atoms with Gasteiger partial charge in [-0.3, -0.25) is 0 Å². The van der Waals surface area contributed by atoms with Crippen LogP contribution in [-0.4, -0.2) is 11.2 Å². The minimum Gasteiger partial charge on any atom is -0.465 e. The second-order valence-corrected chi connectivity index (χ2v) is 7.83. The highest BCUT2D eigenvalue weighted by atomic mass is 31.2. The Hall–Kier alpha value is -3.44. The lowest BCUT2D eigenvalue weighted by atomic mass is 10.2. The maximum absolute atomic E-state index is 13.9. The van der Waals surface area contributed by atoms with Crippen LogP contribution < -0.4 is 20.1 Å². The molecule has 0 aliphatic rings. The number of carboxylic acid groups (broad SMARTS) is 1. The van der Waals surface area contributed by atoms with E-state index in [0.717, 1.165) is 0 Å². The van der Waals surface area contributed by atoms with Crippen molar-refractivity contribution in [3.63, 3.8) is 0 Å². The van der Waals surface area contributed by atoms with Crippen molar-refractivity contribution in [1.29, 1.82) is 0 Å². The quantitative estimate of drug-likeness (QED) is 0.386. The number of benzene rings is 3. The molecule has 3 aromatic rings. The summed E-state index contributed by atoms with van der Waals surface area (Å²) in [5.74, 6) is -0.699. The van der Waals surface area contributed by atoms with E-state index in [2.05, 4.69) is 5.32 Å². The van der Waals surface area contributed by atoms with Gasteiger partial charge in [0, 0.05) is 5.69 Å². The fourth-order valence-electron chi connectivity index (χ4n) is 2.52. The minimum absolute atomic E-state index is 0.286. The summed E-state index contributed by atoms with van der Waals surface area (Å²) in [5, 5.41) is 11.6. The molecule has 0 fully saturated rings. The van der Waals surface area contributed by atoms with Crippen LogP contribution in [0.15, 0.2) is 84.9 Å². The molecule has 0 spiro atoms. The van der Waals surface area contributed by atoms with Crippen molar-refractivity contribution >= 4 is 19.4 Å². The van der Waals surface area contributed by atoms with Crippen LogP contribution in [0, 0.1) is 0 Å². The van der Waals surface area contributed by atoms with Crippen molar-refractivity contribution in [1.82, 2.24) is 5.32 Å². The highest BCUT2D eigenvalue weighted by Gasteiger charge is 2.42. The lowest BCUT2D eigenvalue weighted by Gasteiger charge is -2.27. The number of hydrogen-bond acceptors (Lipinski definition) is 5. The number of anilines is 1. The third-order valence-electron chi connectivity index (χ3n) is 3.78. The van der Waals surface area contributed by atoms with Gasteiger partial charge in [0.1, 0.15) is 11.5 Å². The first kappa shape index (κ1) is 19.3. The van der Waals surface area contributed by atoms with E-state index in [1.54, 1.807) is 84.9 Å². The molecule has 7 nitrogen and oxygen atoms in total. The second kappa shape index (κ2) is 8.50. The first-order valence-electron chi connectivity index (χ1n) is 8.40. The number of nitrogens with two attached hydrogens (primary N) is 1. The normalized spacial score (nSPS) is 12.0. The average molecular weight is 398 g/mol. The molecule has 1 amide bonds. The van der Waals surface area contributed by atoms with E-state index in [9.17, 15) is 14.5 Å². The Labute approximate surface area is 162 Å². The van der Waals surface area contributed by atoms with E-state index in [1.807, 2.05) is 0 Å². The van der Waals surface area contributed by atoms with E-state index in [1.165, 1.54) is 0 Å². The number of nitrogens with one attached hydrogen (secondary N) is 1. The van der Waals surface area contributed by atoms with Crippen LogP contribution in [0.1, 0.15) is 11.3 Å². The van der Waals surface area contributed by atoms with E-state index in [0.29, 0.717) is 11.3 Å². The Bertz CT molecular complexity index is 919. The predicted molar refractivity (Wildman–Crippen MR) is 107 cm³/mol. The molecule has 3 aromatic carbocycles.